The monoisotopic (exact) mass is 274 g/mol. The van der Waals surface area contributed by atoms with E-state index in [1.807, 2.05) is 0 Å². The minimum atomic E-state index is -0.907. The molecule has 1 aliphatic heterocycles. The smallest absolute Gasteiger partial charge is 0.319 e. The Kier molecular flexibility index (Phi) is 6.58. The van der Waals surface area contributed by atoms with Gasteiger partial charge in [0.1, 0.15) is 0 Å². The minimum absolute atomic E-state index is 0.0110. The Bertz CT molecular complexity index is 302. The summed E-state index contributed by atoms with van der Waals surface area (Å²) >= 11 is 0. The molecule has 0 aromatic carbocycles. The second kappa shape index (κ2) is 7.96. The first-order valence-electron chi connectivity index (χ1n) is 6.49. The fourth-order valence-electron chi connectivity index (χ4n) is 2.03. The minimum Gasteiger partial charge on any atom is -0.481 e. The first-order valence-corrected chi connectivity index (χ1v) is 6.49. The van der Waals surface area contributed by atoms with Crippen molar-refractivity contribution in [3.8, 4) is 0 Å². The molecule has 1 saturated heterocycles. The fraction of sp³-hybridized carbons (Fsp3) is 0.833. The summed E-state index contributed by atoms with van der Waals surface area (Å²) in [5, 5.41) is 17.3. The quantitative estimate of drug-likeness (QED) is 0.710. The van der Waals surface area contributed by atoms with Crippen LogP contribution in [0, 0.1) is 0 Å². The summed E-state index contributed by atoms with van der Waals surface area (Å²) in [4.78, 5) is 25.6. The van der Waals surface area contributed by atoms with Crippen LogP contribution in [-0.2, 0) is 9.53 Å². The average Bonchev–Trinajstić information content (AvgIpc) is 2.42. The van der Waals surface area contributed by atoms with Gasteiger partial charge in [-0.3, -0.25) is 4.79 Å². The largest absolute Gasteiger partial charge is 0.481 e. The number of hydrogen-bond donors (Lipinski definition) is 2. The van der Waals surface area contributed by atoms with Crippen molar-refractivity contribution in [2.24, 2.45) is 0 Å². The zero-order valence-electron chi connectivity index (χ0n) is 11.2. The molecule has 0 unspecified atom stereocenters. The second-order valence-corrected chi connectivity index (χ2v) is 4.63. The number of carbonyl (C=O) groups excluding carboxylic acids is 1. The zero-order valence-corrected chi connectivity index (χ0v) is 11.2. The maximum Gasteiger partial charge on any atom is 0.319 e. The summed E-state index contributed by atoms with van der Waals surface area (Å²) in [6.45, 7) is 1.77. The Morgan fingerprint density at radius 2 is 2.00 bits per heavy atom. The Labute approximate surface area is 112 Å². The number of amides is 2. The van der Waals surface area contributed by atoms with E-state index in [1.165, 1.54) is 4.90 Å². The van der Waals surface area contributed by atoms with Crippen molar-refractivity contribution in [3.63, 3.8) is 0 Å². The van der Waals surface area contributed by atoms with E-state index in [1.54, 1.807) is 11.9 Å². The Morgan fingerprint density at radius 1 is 1.37 bits per heavy atom. The summed E-state index contributed by atoms with van der Waals surface area (Å²) in [6, 6.07) is -0.137. The fourth-order valence-corrected chi connectivity index (χ4v) is 2.03. The van der Waals surface area contributed by atoms with Crippen LogP contribution in [0.5, 0.6) is 0 Å². The molecule has 7 heteroatoms. The molecule has 0 atom stereocenters. The molecule has 0 aromatic heterocycles. The molecule has 0 aliphatic carbocycles. The highest BCUT2D eigenvalue weighted by molar-refractivity contribution is 5.75. The van der Waals surface area contributed by atoms with Gasteiger partial charge in [0.15, 0.2) is 0 Å². The van der Waals surface area contributed by atoms with Gasteiger partial charge in [-0.15, -0.1) is 0 Å². The van der Waals surface area contributed by atoms with Gasteiger partial charge in [0.2, 0.25) is 0 Å². The van der Waals surface area contributed by atoms with Crippen molar-refractivity contribution < 1.29 is 24.5 Å². The number of ether oxygens (including phenoxy) is 1. The average molecular weight is 274 g/mol. The van der Waals surface area contributed by atoms with Gasteiger partial charge in [-0.25, -0.2) is 4.79 Å². The van der Waals surface area contributed by atoms with Crippen molar-refractivity contribution in [1.82, 2.24) is 9.80 Å². The Morgan fingerprint density at radius 3 is 2.53 bits per heavy atom. The number of aliphatic carboxylic acids is 1. The van der Waals surface area contributed by atoms with E-state index in [0.29, 0.717) is 19.7 Å². The summed E-state index contributed by atoms with van der Waals surface area (Å²) in [5.74, 6) is -0.907. The summed E-state index contributed by atoms with van der Waals surface area (Å²) in [6.07, 6.45) is 1.55. The van der Waals surface area contributed by atoms with Crippen LogP contribution in [0.25, 0.3) is 0 Å². The molecule has 2 amide bonds. The third kappa shape index (κ3) is 5.44. The van der Waals surface area contributed by atoms with Crippen molar-refractivity contribution in [2.45, 2.75) is 25.4 Å². The number of aliphatic hydroxyl groups is 1. The lowest BCUT2D eigenvalue weighted by molar-refractivity contribution is -0.137. The number of piperidine rings is 1. The van der Waals surface area contributed by atoms with Crippen molar-refractivity contribution in [1.29, 1.82) is 0 Å². The summed E-state index contributed by atoms with van der Waals surface area (Å²) in [7, 11) is 1.61. The van der Waals surface area contributed by atoms with Gasteiger partial charge in [0.25, 0.3) is 0 Å². The second-order valence-electron chi connectivity index (χ2n) is 4.63. The predicted octanol–water partition coefficient (Wildman–Crippen LogP) is -0.0138. The third-order valence-electron chi connectivity index (χ3n) is 3.14. The van der Waals surface area contributed by atoms with Crippen LogP contribution in [0.15, 0.2) is 0 Å². The lowest BCUT2D eigenvalue weighted by Crippen LogP contribution is -2.47. The van der Waals surface area contributed by atoms with E-state index in [-0.39, 0.29) is 31.7 Å². The molecule has 0 saturated carbocycles. The molecular weight excluding hydrogens is 252 g/mol. The molecule has 110 valence electrons. The first-order chi connectivity index (χ1) is 9.04. The molecule has 1 heterocycles. The molecule has 0 radical (unpaired) electrons. The van der Waals surface area contributed by atoms with Crippen LogP contribution in [0.1, 0.15) is 19.3 Å². The predicted molar refractivity (Wildman–Crippen MR) is 67.9 cm³/mol. The van der Waals surface area contributed by atoms with Crippen LogP contribution >= 0.6 is 0 Å². The Balaban J connectivity index is 2.29. The van der Waals surface area contributed by atoms with Crippen molar-refractivity contribution in [2.75, 3.05) is 39.9 Å². The number of carboxylic acid groups (broad SMARTS) is 1. The normalized spacial score (nSPS) is 16.4. The maximum absolute atomic E-state index is 12.0. The van der Waals surface area contributed by atoms with Gasteiger partial charge in [-0.1, -0.05) is 0 Å². The first kappa shape index (κ1) is 15.7. The number of nitrogens with zero attached hydrogens (tertiary/aromatic N) is 2. The number of rotatable bonds is 6. The molecule has 1 aliphatic rings. The van der Waals surface area contributed by atoms with Gasteiger partial charge in [-0.2, -0.15) is 0 Å². The SMILES string of the molecule is CN(CCC(=O)O)C(=O)N1CCC(OCCO)CC1. The molecule has 0 aromatic rings. The molecule has 0 bridgehead atoms. The third-order valence-corrected chi connectivity index (χ3v) is 3.14. The van der Waals surface area contributed by atoms with Crippen LogP contribution in [0.2, 0.25) is 0 Å². The molecule has 0 spiro atoms. The van der Waals surface area contributed by atoms with Crippen LogP contribution < -0.4 is 0 Å². The lowest BCUT2D eigenvalue weighted by Gasteiger charge is -2.34. The van der Waals surface area contributed by atoms with Crippen LogP contribution in [0.4, 0.5) is 4.79 Å². The highest BCUT2D eigenvalue weighted by Gasteiger charge is 2.25. The molecule has 7 nitrogen and oxygen atoms in total. The number of likely N-dealkylation sites (tertiary alicyclic amines) is 1. The van der Waals surface area contributed by atoms with E-state index in [4.69, 9.17) is 14.9 Å². The number of carbonyl (C=O) groups is 2. The molecular formula is C12H22N2O5. The Hall–Kier alpha value is -1.34. The van der Waals surface area contributed by atoms with Crippen molar-refractivity contribution >= 4 is 12.0 Å². The van der Waals surface area contributed by atoms with Crippen LogP contribution in [-0.4, -0.2) is 78.0 Å². The highest BCUT2D eigenvalue weighted by atomic mass is 16.5. The van der Waals surface area contributed by atoms with E-state index in [0.717, 1.165) is 12.8 Å². The summed E-state index contributed by atoms with van der Waals surface area (Å²) < 4.78 is 5.42. The van der Waals surface area contributed by atoms with Crippen molar-refractivity contribution in [3.05, 3.63) is 0 Å². The van der Waals surface area contributed by atoms with Gasteiger partial charge >= 0.3 is 12.0 Å². The summed E-state index contributed by atoms with van der Waals surface area (Å²) in [5.41, 5.74) is 0. The zero-order chi connectivity index (χ0) is 14.3. The van der Waals surface area contributed by atoms with Gasteiger partial charge in [-0.05, 0) is 12.8 Å². The highest BCUT2D eigenvalue weighted by Crippen LogP contribution is 2.14. The molecule has 1 fully saturated rings. The molecule has 1 rings (SSSR count). The number of aliphatic hydroxyl groups excluding tert-OH is 1. The van der Waals surface area contributed by atoms with E-state index >= 15 is 0 Å². The van der Waals surface area contributed by atoms with Gasteiger partial charge in [0.05, 0.1) is 25.7 Å². The topological polar surface area (TPSA) is 90.3 Å². The number of urea groups is 1. The number of hydrogen-bond acceptors (Lipinski definition) is 4. The standard InChI is InChI=1S/C12H22N2O5/c1-13(5-4-11(16)17)12(18)14-6-2-10(3-7-14)19-9-8-15/h10,15H,2-9H2,1H3,(H,16,17). The van der Waals surface area contributed by atoms with Gasteiger partial charge < -0.3 is 24.7 Å². The molecule has 19 heavy (non-hydrogen) atoms. The van der Waals surface area contributed by atoms with E-state index < -0.39 is 5.97 Å². The number of carboxylic acids is 1. The maximum atomic E-state index is 12.0. The lowest BCUT2D eigenvalue weighted by atomic mass is 10.1. The molecule has 2 N–H and O–H groups in total. The van der Waals surface area contributed by atoms with Gasteiger partial charge in [0, 0.05) is 26.7 Å². The van der Waals surface area contributed by atoms with Crippen LogP contribution in [0.3, 0.4) is 0 Å². The van der Waals surface area contributed by atoms with E-state index in [2.05, 4.69) is 0 Å². The van der Waals surface area contributed by atoms with E-state index in [9.17, 15) is 9.59 Å².